The highest BCUT2D eigenvalue weighted by molar-refractivity contribution is 7.89. The van der Waals surface area contributed by atoms with Gasteiger partial charge in [-0.25, -0.2) is 8.42 Å². The quantitative estimate of drug-likeness (QED) is 0.764. The van der Waals surface area contributed by atoms with Gasteiger partial charge in [0.2, 0.25) is 15.9 Å². The molecular formula is C22H31N3O5S. The van der Waals surface area contributed by atoms with Crippen molar-refractivity contribution in [3.63, 3.8) is 0 Å². The molecule has 0 spiro atoms. The highest BCUT2D eigenvalue weighted by atomic mass is 32.2. The number of rotatable bonds is 3. The summed E-state index contributed by atoms with van der Waals surface area (Å²) in [4.78, 5) is 26.8. The van der Waals surface area contributed by atoms with Crippen molar-refractivity contribution >= 4 is 27.5 Å². The number of hydrogen-bond donors (Lipinski definition) is 1. The molecule has 1 atom stereocenters. The Balaban J connectivity index is 1.45. The number of carbonyl (C=O) groups is 2. The molecule has 0 bridgehead atoms. The number of ether oxygens (including phenoxy) is 1. The molecule has 9 heteroatoms. The Morgan fingerprint density at radius 2 is 1.71 bits per heavy atom. The van der Waals surface area contributed by atoms with Gasteiger partial charge in [-0.15, -0.1) is 0 Å². The van der Waals surface area contributed by atoms with E-state index in [4.69, 9.17) is 4.74 Å². The Hall–Kier alpha value is -2.13. The molecule has 0 unspecified atom stereocenters. The van der Waals surface area contributed by atoms with E-state index < -0.39 is 16.1 Å². The van der Waals surface area contributed by atoms with E-state index in [2.05, 4.69) is 12.2 Å². The standard InChI is InChI=1S/C22H31N3O5S/c1-14-4-8-24(9-5-14)22(27)17-6-10-25(11-7-17)31(28,29)20-13-19-18(12-15(20)2)23-21(26)16(3)30-19/h12-14,16-17H,4-11H2,1-3H3,(H,23,26)/t16-/m0/s1. The molecule has 3 heterocycles. The second-order valence-electron chi connectivity index (χ2n) is 9.05. The van der Waals surface area contributed by atoms with E-state index in [0.29, 0.717) is 48.8 Å². The van der Waals surface area contributed by atoms with Crippen molar-refractivity contribution in [2.24, 2.45) is 11.8 Å². The zero-order valence-electron chi connectivity index (χ0n) is 18.4. The molecule has 170 valence electrons. The summed E-state index contributed by atoms with van der Waals surface area (Å²) in [5, 5.41) is 2.75. The van der Waals surface area contributed by atoms with E-state index in [1.54, 1.807) is 19.9 Å². The normalized spacial score (nSPS) is 23.8. The molecular weight excluding hydrogens is 418 g/mol. The van der Waals surface area contributed by atoms with Crippen molar-refractivity contribution < 1.29 is 22.7 Å². The minimum atomic E-state index is -3.72. The molecule has 1 aromatic rings. The number of nitrogens with zero attached hydrogens (tertiary/aromatic N) is 2. The number of hydrogen-bond acceptors (Lipinski definition) is 5. The van der Waals surface area contributed by atoms with Gasteiger partial charge < -0.3 is 15.0 Å². The van der Waals surface area contributed by atoms with Crippen LogP contribution in [0.2, 0.25) is 0 Å². The predicted molar refractivity (Wildman–Crippen MR) is 116 cm³/mol. The van der Waals surface area contributed by atoms with Crippen LogP contribution in [0.5, 0.6) is 5.75 Å². The minimum Gasteiger partial charge on any atom is -0.479 e. The third kappa shape index (κ3) is 4.30. The third-order valence-corrected chi connectivity index (χ3v) is 8.76. The van der Waals surface area contributed by atoms with E-state index >= 15 is 0 Å². The number of likely N-dealkylation sites (tertiary alicyclic amines) is 1. The lowest BCUT2D eigenvalue weighted by atomic mass is 9.93. The molecule has 4 rings (SSSR count). The highest BCUT2D eigenvalue weighted by Gasteiger charge is 2.36. The largest absolute Gasteiger partial charge is 0.479 e. The van der Waals surface area contributed by atoms with Gasteiger partial charge in [-0.3, -0.25) is 9.59 Å². The molecule has 3 aliphatic heterocycles. The molecule has 2 saturated heterocycles. The lowest BCUT2D eigenvalue weighted by molar-refractivity contribution is -0.138. The second kappa shape index (κ2) is 8.43. The molecule has 1 aromatic carbocycles. The van der Waals surface area contributed by atoms with Crippen LogP contribution in [-0.2, 0) is 19.6 Å². The summed E-state index contributed by atoms with van der Waals surface area (Å²) < 4.78 is 33.8. The summed E-state index contributed by atoms with van der Waals surface area (Å²) in [6.45, 7) is 7.82. The van der Waals surface area contributed by atoms with Gasteiger partial charge in [-0.1, -0.05) is 6.92 Å². The van der Waals surface area contributed by atoms with Crippen LogP contribution in [0.25, 0.3) is 0 Å². The average Bonchev–Trinajstić information content (AvgIpc) is 2.74. The van der Waals surface area contributed by atoms with Gasteiger partial charge in [0, 0.05) is 38.2 Å². The fraction of sp³-hybridized carbons (Fsp3) is 0.636. The Morgan fingerprint density at radius 1 is 1.06 bits per heavy atom. The predicted octanol–water partition coefficient (Wildman–Crippen LogP) is 2.37. The van der Waals surface area contributed by atoms with Crippen molar-refractivity contribution in [1.29, 1.82) is 0 Å². The van der Waals surface area contributed by atoms with Crippen molar-refractivity contribution in [3.05, 3.63) is 17.7 Å². The maximum Gasteiger partial charge on any atom is 0.265 e. The molecule has 1 N–H and O–H groups in total. The fourth-order valence-corrected chi connectivity index (χ4v) is 6.28. The summed E-state index contributed by atoms with van der Waals surface area (Å²) in [6, 6.07) is 3.14. The second-order valence-corrected chi connectivity index (χ2v) is 11.0. The summed E-state index contributed by atoms with van der Waals surface area (Å²) in [7, 11) is -3.72. The SMILES string of the molecule is Cc1cc2c(cc1S(=O)(=O)N1CCC(C(=O)N3CCC(C)CC3)CC1)O[C@@H](C)C(=O)N2. The first kappa shape index (κ1) is 22.1. The number of carbonyl (C=O) groups excluding carboxylic acids is 2. The number of fused-ring (bicyclic) bond motifs is 1. The van der Waals surface area contributed by atoms with Gasteiger partial charge in [-0.05, 0) is 57.1 Å². The molecule has 0 aromatic heterocycles. The van der Waals surface area contributed by atoms with Crippen molar-refractivity contribution in [2.45, 2.75) is 57.5 Å². The molecule has 31 heavy (non-hydrogen) atoms. The molecule has 3 aliphatic rings. The maximum atomic E-state index is 13.3. The van der Waals surface area contributed by atoms with E-state index in [9.17, 15) is 18.0 Å². The van der Waals surface area contributed by atoms with Gasteiger partial charge in [0.25, 0.3) is 5.91 Å². The third-order valence-electron chi connectivity index (χ3n) is 6.72. The molecule has 2 fully saturated rings. The fourth-order valence-electron chi connectivity index (χ4n) is 4.59. The Kier molecular flexibility index (Phi) is 6.00. The molecule has 0 radical (unpaired) electrons. The van der Waals surface area contributed by atoms with Crippen LogP contribution < -0.4 is 10.1 Å². The summed E-state index contributed by atoms with van der Waals surface area (Å²) in [5.41, 5.74) is 1.04. The van der Waals surface area contributed by atoms with Crippen LogP contribution in [0.3, 0.4) is 0 Å². The summed E-state index contributed by atoms with van der Waals surface area (Å²) >= 11 is 0. The number of piperidine rings is 2. The Bertz CT molecular complexity index is 977. The van der Waals surface area contributed by atoms with E-state index in [1.807, 2.05) is 4.90 Å². The number of amides is 2. The van der Waals surface area contributed by atoms with E-state index in [-0.39, 0.29) is 22.6 Å². The monoisotopic (exact) mass is 449 g/mol. The van der Waals surface area contributed by atoms with Crippen LogP contribution >= 0.6 is 0 Å². The van der Waals surface area contributed by atoms with Gasteiger partial charge in [0.1, 0.15) is 5.75 Å². The number of nitrogens with one attached hydrogen (secondary N) is 1. The van der Waals surface area contributed by atoms with Crippen LogP contribution in [0, 0.1) is 18.8 Å². The van der Waals surface area contributed by atoms with Gasteiger partial charge in [0.15, 0.2) is 6.10 Å². The maximum absolute atomic E-state index is 13.3. The summed E-state index contributed by atoms with van der Waals surface area (Å²) in [6.07, 6.45) is 2.48. The molecule has 2 amide bonds. The number of aryl methyl sites for hydroxylation is 1. The van der Waals surface area contributed by atoms with Crippen LogP contribution in [0.4, 0.5) is 5.69 Å². The first-order chi connectivity index (χ1) is 14.7. The Morgan fingerprint density at radius 3 is 2.35 bits per heavy atom. The number of anilines is 1. The number of benzene rings is 1. The first-order valence-corrected chi connectivity index (χ1v) is 12.5. The molecule has 8 nitrogen and oxygen atoms in total. The smallest absolute Gasteiger partial charge is 0.265 e. The minimum absolute atomic E-state index is 0.108. The zero-order chi connectivity index (χ0) is 22.3. The average molecular weight is 450 g/mol. The van der Waals surface area contributed by atoms with Crippen molar-refractivity contribution in [1.82, 2.24) is 9.21 Å². The van der Waals surface area contributed by atoms with Gasteiger partial charge in [-0.2, -0.15) is 4.31 Å². The van der Waals surface area contributed by atoms with Gasteiger partial charge >= 0.3 is 0 Å². The van der Waals surface area contributed by atoms with Crippen LogP contribution in [0.1, 0.15) is 45.1 Å². The lowest BCUT2D eigenvalue weighted by Crippen LogP contribution is -2.46. The highest BCUT2D eigenvalue weighted by Crippen LogP contribution is 2.36. The Labute approximate surface area is 184 Å². The van der Waals surface area contributed by atoms with Gasteiger partial charge in [0.05, 0.1) is 10.6 Å². The van der Waals surface area contributed by atoms with Crippen LogP contribution in [-0.4, -0.2) is 61.7 Å². The van der Waals surface area contributed by atoms with Crippen molar-refractivity contribution in [3.8, 4) is 5.75 Å². The van der Waals surface area contributed by atoms with Crippen LogP contribution in [0.15, 0.2) is 17.0 Å². The summed E-state index contributed by atoms with van der Waals surface area (Å²) in [5.74, 6) is 0.838. The first-order valence-electron chi connectivity index (χ1n) is 11.1. The van der Waals surface area contributed by atoms with E-state index in [1.165, 1.54) is 10.4 Å². The zero-order valence-corrected chi connectivity index (χ0v) is 19.2. The lowest BCUT2D eigenvalue weighted by Gasteiger charge is -2.36. The molecule has 0 aliphatic carbocycles. The van der Waals surface area contributed by atoms with Crippen molar-refractivity contribution in [2.75, 3.05) is 31.5 Å². The number of sulfonamides is 1. The van der Waals surface area contributed by atoms with E-state index in [0.717, 1.165) is 25.9 Å². The molecule has 0 saturated carbocycles. The topological polar surface area (TPSA) is 96.0 Å².